The minimum absolute atomic E-state index is 0.00115. The fourth-order valence-electron chi connectivity index (χ4n) is 5.41. The largest absolute Gasteiger partial charge is 0.460 e. The maximum atomic E-state index is 13.1. The molecule has 5 rings (SSSR count). The van der Waals surface area contributed by atoms with Crippen LogP contribution in [0.25, 0.3) is 11.3 Å². The number of nitrogens with zero attached hydrogens (tertiary/aromatic N) is 3. The molecule has 0 bridgehead atoms. The lowest BCUT2D eigenvalue weighted by atomic mass is 10.0. The molecule has 1 aliphatic carbocycles. The zero-order valence-corrected chi connectivity index (χ0v) is 20.6. The fraction of sp³-hybridized carbons (Fsp3) is 0.538. The Hall–Kier alpha value is -3.20. The molecule has 2 aromatic rings. The zero-order valence-electron chi connectivity index (χ0n) is 20.6. The van der Waals surface area contributed by atoms with E-state index in [1.54, 1.807) is 26.8 Å². The molecule has 3 heterocycles. The Morgan fingerprint density at radius 2 is 1.97 bits per heavy atom. The summed E-state index contributed by atoms with van der Waals surface area (Å²) in [6.45, 7) is 7.22. The van der Waals surface area contributed by atoms with Crippen molar-refractivity contribution in [1.29, 1.82) is 0 Å². The number of hydrogen-bond donors (Lipinski definition) is 1. The number of ether oxygens (including phenoxy) is 2. The highest BCUT2D eigenvalue weighted by Gasteiger charge is 2.56. The van der Waals surface area contributed by atoms with Crippen LogP contribution in [0.15, 0.2) is 24.4 Å². The molecular formula is C26H32N4O5. The smallest absolute Gasteiger partial charge is 0.306 e. The Kier molecular flexibility index (Phi) is 5.70. The zero-order chi connectivity index (χ0) is 25.1. The number of aromatic nitrogens is 2. The summed E-state index contributed by atoms with van der Waals surface area (Å²) in [6, 6.07) is 4.75. The number of hydrogen-bond acceptors (Lipinski definition) is 6. The molecule has 2 amide bonds. The van der Waals surface area contributed by atoms with Gasteiger partial charge in [0.2, 0.25) is 5.91 Å². The van der Waals surface area contributed by atoms with Gasteiger partial charge in [-0.25, -0.2) is 4.98 Å². The van der Waals surface area contributed by atoms with Gasteiger partial charge < -0.3 is 24.7 Å². The summed E-state index contributed by atoms with van der Waals surface area (Å²) in [5, 5.41) is 0. The van der Waals surface area contributed by atoms with E-state index < -0.39 is 23.5 Å². The number of benzene rings is 1. The van der Waals surface area contributed by atoms with Crippen LogP contribution < -0.4 is 5.73 Å². The average molecular weight is 481 g/mol. The van der Waals surface area contributed by atoms with Crippen molar-refractivity contribution in [2.24, 2.45) is 24.6 Å². The van der Waals surface area contributed by atoms with E-state index in [9.17, 15) is 14.4 Å². The molecule has 9 heteroatoms. The molecule has 1 saturated heterocycles. The molecule has 4 atom stereocenters. The number of imidazole rings is 1. The topological polar surface area (TPSA) is 117 Å². The number of aryl methyl sites for hydroxylation is 1. The molecule has 3 aliphatic rings. The van der Waals surface area contributed by atoms with Crippen molar-refractivity contribution in [3.8, 4) is 11.3 Å². The first kappa shape index (κ1) is 23.5. The Balaban J connectivity index is 1.31. The van der Waals surface area contributed by atoms with Crippen molar-refractivity contribution < 1.29 is 23.9 Å². The number of fused-ring (bicyclic) bond motifs is 2. The highest BCUT2D eigenvalue weighted by molar-refractivity contribution is 6.01. The van der Waals surface area contributed by atoms with Gasteiger partial charge in [0, 0.05) is 43.3 Å². The van der Waals surface area contributed by atoms with Gasteiger partial charge in [-0.15, -0.1) is 0 Å². The van der Waals surface area contributed by atoms with Crippen LogP contribution in [0.3, 0.4) is 0 Å². The van der Waals surface area contributed by atoms with Gasteiger partial charge >= 0.3 is 5.97 Å². The molecule has 9 nitrogen and oxygen atoms in total. The molecule has 2 N–H and O–H groups in total. The summed E-state index contributed by atoms with van der Waals surface area (Å²) in [5.41, 5.74) is 8.16. The van der Waals surface area contributed by atoms with Crippen LogP contribution >= 0.6 is 0 Å². The van der Waals surface area contributed by atoms with Gasteiger partial charge in [-0.1, -0.05) is 6.07 Å². The van der Waals surface area contributed by atoms with Crippen molar-refractivity contribution in [3.05, 3.63) is 41.3 Å². The molecular weight excluding hydrogens is 448 g/mol. The lowest BCUT2D eigenvalue weighted by Gasteiger charge is -2.25. The van der Waals surface area contributed by atoms with E-state index in [4.69, 9.17) is 20.2 Å². The Bertz CT molecular complexity index is 1190. The SMILES string of the molecule is Cn1cc(-c2ccc3c(c2)CN(C(CCC(=O)OC(C)(C)C)C(N)=O)C3=O)nc1C1[C@H]2COC[C@@H]12. The first-order valence-corrected chi connectivity index (χ1v) is 12.1. The minimum Gasteiger partial charge on any atom is -0.460 e. The summed E-state index contributed by atoms with van der Waals surface area (Å²) < 4.78 is 12.9. The van der Waals surface area contributed by atoms with Gasteiger partial charge in [-0.3, -0.25) is 14.4 Å². The van der Waals surface area contributed by atoms with Crippen LogP contribution in [0, 0.1) is 11.8 Å². The van der Waals surface area contributed by atoms with Crippen LogP contribution in [0.2, 0.25) is 0 Å². The molecule has 35 heavy (non-hydrogen) atoms. The normalized spacial score (nSPS) is 23.7. The first-order chi connectivity index (χ1) is 16.5. The maximum Gasteiger partial charge on any atom is 0.306 e. The van der Waals surface area contributed by atoms with Crippen molar-refractivity contribution in [3.63, 3.8) is 0 Å². The van der Waals surface area contributed by atoms with Crippen LogP contribution in [-0.2, 0) is 32.7 Å². The van der Waals surface area contributed by atoms with E-state index >= 15 is 0 Å². The predicted octanol–water partition coefficient (Wildman–Crippen LogP) is 2.38. The molecule has 1 saturated carbocycles. The molecule has 0 spiro atoms. The van der Waals surface area contributed by atoms with E-state index in [0.717, 1.165) is 35.9 Å². The van der Waals surface area contributed by atoms with Gasteiger partial charge in [-0.05, 0) is 56.7 Å². The van der Waals surface area contributed by atoms with Gasteiger partial charge in [0.1, 0.15) is 17.5 Å². The summed E-state index contributed by atoms with van der Waals surface area (Å²) in [4.78, 5) is 43.8. The highest BCUT2D eigenvalue weighted by atomic mass is 16.6. The molecule has 186 valence electrons. The summed E-state index contributed by atoms with van der Waals surface area (Å²) in [6.07, 6.45) is 2.14. The third-order valence-electron chi connectivity index (χ3n) is 7.14. The molecule has 2 aliphatic heterocycles. The van der Waals surface area contributed by atoms with Crippen molar-refractivity contribution in [2.75, 3.05) is 13.2 Å². The Labute approximate surface area is 204 Å². The van der Waals surface area contributed by atoms with Gasteiger partial charge in [-0.2, -0.15) is 0 Å². The second-order valence-corrected chi connectivity index (χ2v) is 10.8. The monoisotopic (exact) mass is 480 g/mol. The van der Waals surface area contributed by atoms with E-state index in [1.165, 1.54) is 4.90 Å². The summed E-state index contributed by atoms with van der Waals surface area (Å²) in [7, 11) is 2.02. The second kappa shape index (κ2) is 8.48. The number of esters is 1. The Morgan fingerprint density at radius 1 is 1.26 bits per heavy atom. The minimum atomic E-state index is -0.885. The molecule has 1 aromatic carbocycles. The van der Waals surface area contributed by atoms with E-state index in [0.29, 0.717) is 23.3 Å². The van der Waals surface area contributed by atoms with Gasteiger partial charge in [0.05, 0.1) is 18.9 Å². The fourth-order valence-corrected chi connectivity index (χ4v) is 5.41. The van der Waals surface area contributed by atoms with Crippen molar-refractivity contribution in [2.45, 2.75) is 57.7 Å². The van der Waals surface area contributed by atoms with Crippen LogP contribution in [-0.4, -0.2) is 57.1 Å². The van der Waals surface area contributed by atoms with Crippen LogP contribution in [0.5, 0.6) is 0 Å². The molecule has 2 fully saturated rings. The first-order valence-electron chi connectivity index (χ1n) is 12.1. The number of rotatable bonds is 7. The van der Waals surface area contributed by atoms with Crippen LogP contribution in [0.4, 0.5) is 0 Å². The molecule has 1 aromatic heterocycles. The number of amides is 2. The number of carbonyl (C=O) groups excluding carboxylic acids is 3. The standard InChI is InChI=1S/C26H32N4O5/c1-26(2,3)35-21(31)8-7-20(23(27)32)30-10-15-9-14(5-6-16(15)25(30)33)19-11-29(4)24(28-19)22-17-12-34-13-18(17)22/h5-6,9,11,17-18,20,22H,7-8,10,12-13H2,1-4H3,(H2,27,32)/t17-,18+,20?,22?. The van der Waals surface area contributed by atoms with Gasteiger partial charge in [0.25, 0.3) is 5.91 Å². The van der Waals surface area contributed by atoms with E-state index in [-0.39, 0.29) is 25.3 Å². The average Bonchev–Trinajstić information content (AvgIpc) is 3.12. The lowest BCUT2D eigenvalue weighted by Crippen LogP contribution is -2.45. The van der Waals surface area contributed by atoms with E-state index in [2.05, 4.69) is 4.57 Å². The van der Waals surface area contributed by atoms with Crippen molar-refractivity contribution in [1.82, 2.24) is 14.5 Å². The Morgan fingerprint density at radius 3 is 2.63 bits per heavy atom. The van der Waals surface area contributed by atoms with Crippen molar-refractivity contribution >= 4 is 17.8 Å². The second-order valence-electron chi connectivity index (χ2n) is 10.8. The maximum absolute atomic E-state index is 13.1. The lowest BCUT2D eigenvalue weighted by molar-refractivity contribution is -0.155. The van der Waals surface area contributed by atoms with Crippen LogP contribution in [0.1, 0.15) is 61.3 Å². The number of nitrogens with two attached hydrogens (primary N) is 1. The highest BCUT2D eigenvalue weighted by Crippen LogP contribution is 2.57. The summed E-state index contributed by atoms with van der Waals surface area (Å²) >= 11 is 0. The predicted molar refractivity (Wildman–Crippen MR) is 127 cm³/mol. The third kappa shape index (κ3) is 4.45. The number of carbonyl (C=O) groups is 3. The molecule has 2 unspecified atom stereocenters. The number of primary amides is 1. The third-order valence-corrected chi connectivity index (χ3v) is 7.14. The van der Waals surface area contributed by atoms with Gasteiger partial charge in [0.15, 0.2) is 0 Å². The van der Waals surface area contributed by atoms with E-state index in [1.807, 2.05) is 25.4 Å². The quantitative estimate of drug-likeness (QED) is 0.608. The summed E-state index contributed by atoms with van der Waals surface area (Å²) in [5.74, 6) is 1.36. The molecule has 0 radical (unpaired) electrons.